The maximum absolute atomic E-state index is 4.16. The molecule has 0 spiro atoms. The van der Waals surface area contributed by atoms with E-state index in [0.29, 0.717) is 0 Å². The zero-order chi connectivity index (χ0) is 12.8. The molecule has 0 saturated carbocycles. The summed E-state index contributed by atoms with van der Waals surface area (Å²) in [5.41, 5.74) is 2.34. The van der Waals surface area contributed by atoms with E-state index in [1.165, 1.54) is 10.5 Å². The van der Waals surface area contributed by atoms with Crippen LogP contribution < -0.4 is 5.32 Å². The molecule has 0 saturated heterocycles. The first-order valence-electron chi connectivity index (χ1n) is 5.83. The molecule has 0 fully saturated rings. The Labute approximate surface area is 112 Å². The number of anilines is 1. The highest BCUT2D eigenvalue weighted by Gasteiger charge is 2.02. The first-order valence-corrected chi connectivity index (χ1v) is 6.82. The molecular weight excluding hydrogens is 242 g/mol. The van der Waals surface area contributed by atoms with Crippen molar-refractivity contribution in [1.82, 2.24) is 9.78 Å². The van der Waals surface area contributed by atoms with Crippen molar-refractivity contribution in [1.29, 1.82) is 0 Å². The van der Waals surface area contributed by atoms with Crippen LogP contribution in [-0.2, 0) is 13.6 Å². The van der Waals surface area contributed by atoms with Gasteiger partial charge in [0.2, 0.25) is 0 Å². The van der Waals surface area contributed by atoms with Gasteiger partial charge in [0.1, 0.15) is 0 Å². The lowest BCUT2D eigenvalue weighted by Crippen LogP contribution is -1.99. The summed E-state index contributed by atoms with van der Waals surface area (Å²) in [5, 5.41) is 7.60. The van der Waals surface area contributed by atoms with Crippen molar-refractivity contribution >= 4 is 17.4 Å². The molecule has 1 aromatic heterocycles. The third kappa shape index (κ3) is 3.40. The molecule has 0 amide bonds. The summed E-state index contributed by atoms with van der Waals surface area (Å²) in [4.78, 5) is 1.25. The fraction of sp³-hybridized carbons (Fsp3) is 0.214. The van der Waals surface area contributed by atoms with E-state index in [1.54, 1.807) is 11.8 Å². The molecule has 1 heterocycles. The second kappa shape index (κ2) is 6.31. The van der Waals surface area contributed by atoms with Gasteiger partial charge in [-0.1, -0.05) is 18.2 Å². The summed E-state index contributed by atoms with van der Waals surface area (Å²) in [5.74, 6) is 0.922. The van der Waals surface area contributed by atoms with Gasteiger partial charge in [-0.25, -0.2) is 0 Å². The van der Waals surface area contributed by atoms with E-state index in [0.717, 1.165) is 18.0 Å². The number of aryl methyl sites for hydroxylation is 1. The second-order valence-corrected chi connectivity index (χ2v) is 5.03. The maximum atomic E-state index is 4.16. The molecule has 4 heteroatoms. The zero-order valence-electron chi connectivity index (χ0n) is 10.5. The van der Waals surface area contributed by atoms with Crippen LogP contribution in [-0.4, -0.2) is 15.5 Å². The Kier molecular flexibility index (Phi) is 4.47. The normalized spacial score (nSPS) is 10.3. The van der Waals surface area contributed by atoms with Crippen molar-refractivity contribution in [3.8, 4) is 0 Å². The summed E-state index contributed by atoms with van der Waals surface area (Å²) >= 11 is 1.79. The smallest absolute Gasteiger partial charge is 0.0539 e. The van der Waals surface area contributed by atoms with Crippen LogP contribution >= 0.6 is 11.8 Å². The molecule has 0 aliphatic rings. The lowest BCUT2D eigenvalue weighted by Gasteiger charge is -2.10. The molecule has 3 nitrogen and oxygen atoms in total. The van der Waals surface area contributed by atoms with E-state index in [4.69, 9.17) is 0 Å². The lowest BCUT2D eigenvalue weighted by atomic mass is 10.3. The van der Waals surface area contributed by atoms with E-state index in [2.05, 4.69) is 35.2 Å². The third-order valence-electron chi connectivity index (χ3n) is 2.49. The molecule has 1 N–H and O–H groups in total. The highest BCUT2D eigenvalue weighted by Crippen LogP contribution is 2.27. The number of para-hydroxylation sites is 1. The van der Waals surface area contributed by atoms with Gasteiger partial charge in [-0.2, -0.15) is 5.10 Å². The van der Waals surface area contributed by atoms with E-state index in [9.17, 15) is 0 Å². The van der Waals surface area contributed by atoms with Crippen LogP contribution in [0.25, 0.3) is 0 Å². The molecule has 0 atom stereocenters. The number of benzene rings is 1. The molecule has 2 rings (SSSR count). The van der Waals surface area contributed by atoms with Crippen molar-refractivity contribution < 1.29 is 0 Å². The summed E-state index contributed by atoms with van der Waals surface area (Å²) in [6.07, 6.45) is 5.82. The predicted octanol–water partition coefficient (Wildman–Crippen LogP) is 3.31. The standard InChI is InChI=1S/C14H17N3S/c1-3-8-18-14-7-5-4-6-13(14)15-9-12-10-16-17(2)11-12/h3-7,10-11,15H,1,8-9H2,2H3. The van der Waals surface area contributed by atoms with Crippen molar-refractivity contribution in [2.75, 3.05) is 11.1 Å². The zero-order valence-corrected chi connectivity index (χ0v) is 11.3. The molecular formula is C14H17N3S. The summed E-state index contributed by atoms with van der Waals surface area (Å²) in [7, 11) is 1.93. The average Bonchev–Trinajstić information content (AvgIpc) is 2.81. The molecule has 94 valence electrons. The molecule has 18 heavy (non-hydrogen) atoms. The first kappa shape index (κ1) is 12.8. The minimum absolute atomic E-state index is 0.791. The van der Waals surface area contributed by atoms with Gasteiger partial charge in [0.15, 0.2) is 0 Å². The van der Waals surface area contributed by atoms with Crippen molar-refractivity contribution in [2.45, 2.75) is 11.4 Å². The van der Waals surface area contributed by atoms with Gasteiger partial charge in [-0.3, -0.25) is 4.68 Å². The lowest BCUT2D eigenvalue weighted by molar-refractivity contribution is 0.767. The highest BCUT2D eigenvalue weighted by atomic mass is 32.2. The van der Waals surface area contributed by atoms with Gasteiger partial charge in [-0.05, 0) is 12.1 Å². The summed E-state index contributed by atoms with van der Waals surface area (Å²) in [6, 6.07) is 8.33. The Morgan fingerprint density at radius 1 is 1.44 bits per heavy atom. The van der Waals surface area contributed by atoms with E-state index >= 15 is 0 Å². The Bertz CT molecular complexity index is 519. The predicted molar refractivity (Wildman–Crippen MR) is 77.9 cm³/mol. The van der Waals surface area contributed by atoms with Crippen molar-refractivity contribution in [2.24, 2.45) is 7.05 Å². The van der Waals surface area contributed by atoms with Crippen molar-refractivity contribution in [3.05, 3.63) is 54.9 Å². The van der Waals surface area contributed by atoms with Crippen LogP contribution in [0, 0.1) is 0 Å². The van der Waals surface area contributed by atoms with Crippen molar-refractivity contribution in [3.63, 3.8) is 0 Å². The molecule has 1 aromatic carbocycles. The van der Waals surface area contributed by atoms with E-state index in [1.807, 2.05) is 36.3 Å². The Morgan fingerprint density at radius 3 is 3.00 bits per heavy atom. The van der Waals surface area contributed by atoms with Crippen LogP contribution in [0.1, 0.15) is 5.56 Å². The van der Waals surface area contributed by atoms with Crippen LogP contribution in [0.2, 0.25) is 0 Å². The highest BCUT2D eigenvalue weighted by molar-refractivity contribution is 7.99. The van der Waals surface area contributed by atoms with Gasteiger partial charge in [0.25, 0.3) is 0 Å². The minimum Gasteiger partial charge on any atom is -0.380 e. The van der Waals surface area contributed by atoms with Crippen LogP contribution in [0.3, 0.4) is 0 Å². The van der Waals surface area contributed by atoms with Crippen LogP contribution in [0.4, 0.5) is 5.69 Å². The van der Waals surface area contributed by atoms with E-state index < -0.39 is 0 Å². The Hall–Kier alpha value is -1.68. The topological polar surface area (TPSA) is 29.9 Å². The van der Waals surface area contributed by atoms with E-state index in [-0.39, 0.29) is 0 Å². The number of thioether (sulfide) groups is 1. The molecule has 0 radical (unpaired) electrons. The second-order valence-electron chi connectivity index (χ2n) is 3.97. The van der Waals surface area contributed by atoms with Gasteiger partial charge in [0, 0.05) is 41.7 Å². The molecule has 2 aromatic rings. The Balaban J connectivity index is 2.01. The van der Waals surface area contributed by atoms with Gasteiger partial charge >= 0.3 is 0 Å². The van der Waals surface area contributed by atoms with Crippen LogP contribution in [0.5, 0.6) is 0 Å². The monoisotopic (exact) mass is 259 g/mol. The third-order valence-corrected chi connectivity index (χ3v) is 3.55. The number of aromatic nitrogens is 2. The summed E-state index contributed by atoms with van der Waals surface area (Å²) < 4.78 is 1.81. The fourth-order valence-electron chi connectivity index (χ4n) is 1.65. The molecule has 0 unspecified atom stereocenters. The fourth-order valence-corrected chi connectivity index (χ4v) is 2.42. The SMILES string of the molecule is C=CCSc1ccccc1NCc1cnn(C)c1. The molecule has 0 bridgehead atoms. The molecule has 0 aliphatic carbocycles. The van der Waals surface area contributed by atoms with Gasteiger partial charge in [0.05, 0.1) is 6.20 Å². The number of nitrogens with zero attached hydrogens (tertiary/aromatic N) is 2. The quantitative estimate of drug-likeness (QED) is 0.637. The number of rotatable bonds is 6. The first-order chi connectivity index (χ1) is 8.79. The average molecular weight is 259 g/mol. The summed E-state index contributed by atoms with van der Waals surface area (Å²) in [6.45, 7) is 4.54. The number of hydrogen-bond donors (Lipinski definition) is 1. The number of nitrogens with one attached hydrogen (secondary N) is 1. The number of hydrogen-bond acceptors (Lipinski definition) is 3. The minimum atomic E-state index is 0.791. The largest absolute Gasteiger partial charge is 0.380 e. The van der Waals surface area contributed by atoms with Gasteiger partial charge in [-0.15, -0.1) is 18.3 Å². The maximum Gasteiger partial charge on any atom is 0.0539 e. The van der Waals surface area contributed by atoms with Gasteiger partial charge < -0.3 is 5.32 Å². The molecule has 0 aliphatic heterocycles. The Morgan fingerprint density at radius 2 is 2.28 bits per heavy atom. The van der Waals surface area contributed by atoms with Crippen LogP contribution in [0.15, 0.2) is 54.2 Å².